The number of likely N-dealkylation sites (tertiary alicyclic amines) is 1. The number of anilines is 1. The predicted molar refractivity (Wildman–Crippen MR) is 200 cm³/mol. The Morgan fingerprint density at radius 3 is 2.39 bits per heavy atom. The average molecular weight is 719 g/mol. The molecule has 3 fully saturated rings. The van der Waals surface area contributed by atoms with Crippen LogP contribution >= 0.6 is 0 Å². The van der Waals surface area contributed by atoms with Crippen molar-refractivity contribution in [2.24, 2.45) is 0 Å². The van der Waals surface area contributed by atoms with Crippen LogP contribution < -0.4 is 9.64 Å². The van der Waals surface area contributed by atoms with Gasteiger partial charge in [-0.15, -0.1) is 0 Å². The number of piperazine rings is 1. The summed E-state index contributed by atoms with van der Waals surface area (Å²) in [4.78, 5) is 34.0. The second-order valence-electron chi connectivity index (χ2n) is 17.6. The fraction of sp³-hybridized carbons (Fsp3) is 0.641. The molecule has 3 aromatic rings. The van der Waals surface area contributed by atoms with Gasteiger partial charge in [0.2, 0.25) is 0 Å². The highest BCUT2D eigenvalue weighted by Gasteiger charge is 2.45. The summed E-state index contributed by atoms with van der Waals surface area (Å²) in [5.74, 6) is 0.117. The molecule has 10 nitrogen and oxygen atoms in total. The molecule has 4 atom stereocenters. The van der Waals surface area contributed by atoms with Crippen molar-refractivity contribution in [2.75, 3.05) is 38.2 Å². The van der Waals surface area contributed by atoms with E-state index in [1.54, 1.807) is 6.20 Å². The van der Waals surface area contributed by atoms with Crippen molar-refractivity contribution < 1.29 is 23.1 Å². The summed E-state index contributed by atoms with van der Waals surface area (Å²) in [5.41, 5.74) is 2.92. The molecule has 2 aromatic heterocycles. The van der Waals surface area contributed by atoms with E-state index in [1.165, 1.54) is 0 Å². The molecule has 0 saturated carbocycles. The molecule has 12 heteroatoms. The smallest absolute Gasteiger partial charge is 0.410 e. The number of amides is 1. The van der Waals surface area contributed by atoms with E-state index in [1.807, 2.05) is 37.8 Å². The predicted octanol–water partition coefficient (Wildman–Crippen LogP) is 7.90. The molecule has 0 spiro atoms. The Labute approximate surface area is 303 Å². The molecular formula is C39H55FN6O4Si. The van der Waals surface area contributed by atoms with Crippen molar-refractivity contribution in [3.05, 3.63) is 41.3 Å². The Morgan fingerprint density at radius 1 is 1.02 bits per heavy atom. The van der Waals surface area contributed by atoms with E-state index in [4.69, 9.17) is 28.9 Å². The number of aromatic nitrogens is 3. The zero-order chi connectivity index (χ0) is 36.5. The number of carbonyl (C=O) groups is 1. The van der Waals surface area contributed by atoms with E-state index in [9.17, 15) is 4.79 Å². The van der Waals surface area contributed by atoms with E-state index < -0.39 is 19.7 Å². The van der Waals surface area contributed by atoms with E-state index in [2.05, 4.69) is 56.8 Å². The Hall–Kier alpha value is -3.35. The van der Waals surface area contributed by atoms with Gasteiger partial charge in [-0.25, -0.2) is 9.18 Å². The van der Waals surface area contributed by atoms with Crippen LogP contribution in [0.15, 0.2) is 24.4 Å². The highest BCUT2D eigenvalue weighted by molar-refractivity contribution is 6.74. The number of benzene rings is 1. The second kappa shape index (κ2) is 13.3. The molecule has 1 aromatic carbocycles. The van der Waals surface area contributed by atoms with Crippen molar-refractivity contribution in [3.63, 3.8) is 0 Å². The average Bonchev–Trinajstić information content (AvgIpc) is 3.73. The zero-order valence-electron chi connectivity index (χ0n) is 31.9. The number of nitrogens with zero attached hydrogens (tertiary/aromatic N) is 6. The van der Waals surface area contributed by atoms with Crippen LogP contribution in [0.5, 0.6) is 6.01 Å². The first kappa shape index (κ1) is 36.0. The maximum Gasteiger partial charge on any atom is 0.410 e. The van der Waals surface area contributed by atoms with E-state index in [-0.39, 0.29) is 52.6 Å². The molecule has 7 rings (SSSR count). The molecule has 1 unspecified atom stereocenters. The maximum absolute atomic E-state index is 17.0. The van der Waals surface area contributed by atoms with Crippen LogP contribution in [0.4, 0.5) is 15.0 Å². The van der Waals surface area contributed by atoms with E-state index in [0.717, 1.165) is 61.8 Å². The quantitative estimate of drug-likeness (QED) is 0.226. The molecular weight excluding hydrogens is 664 g/mol. The molecule has 1 aliphatic carbocycles. The topological polar surface area (TPSA) is 93.2 Å². The third-order valence-electron chi connectivity index (χ3n) is 11.8. The number of fused-ring (bicyclic) bond motifs is 4. The first-order chi connectivity index (χ1) is 24.0. The standard InChI is InChI=1S/C39H55FN6O4Si/c1-38(2,3)49-37(47)46-24-15-16-25(46)22-45(21-24)35-30-20-41-33(32(40)34(30)42-36(43-35)48-23-26-12-11-19-44(26)7)29-14-10-13-28-27(29)17-18-31(28)50-51(8,9)39(4,5)6/h10,13-14,20,24-26,31H,11-12,15-19,21-23H2,1-9H3/t24-,25+,26-,31?/m0/s1. The van der Waals surface area contributed by atoms with Crippen LogP contribution in [-0.2, 0) is 15.6 Å². The van der Waals surface area contributed by atoms with Gasteiger partial charge in [-0.2, -0.15) is 9.97 Å². The van der Waals surface area contributed by atoms with Crippen LogP contribution in [0, 0.1) is 5.82 Å². The zero-order valence-corrected chi connectivity index (χ0v) is 32.9. The maximum atomic E-state index is 17.0. The lowest BCUT2D eigenvalue weighted by atomic mass is 9.99. The monoisotopic (exact) mass is 718 g/mol. The van der Waals surface area contributed by atoms with Gasteiger partial charge in [-0.05, 0) is 102 Å². The fourth-order valence-corrected chi connectivity index (χ4v) is 9.37. The minimum absolute atomic E-state index is 0.0123. The van der Waals surface area contributed by atoms with Crippen LogP contribution in [0.3, 0.4) is 0 Å². The first-order valence-electron chi connectivity index (χ1n) is 18.8. The van der Waals surface area contributed by atoms with Crippen molar-refractivity contribution in [2.45, 2.75) is 128 Å². The van der Waals surface area contributed by atoms with Crippen LogP contribution in [0.1, 0.15) is 90.9 Å². The summed E-state index contributed by atoms with van der Waals surface area (Å²) < 4.78 is 36.0. The highest BCUT2D eigenvalue weighted by Crippen LogP contribution is 2.46. The van der Waals surface area contributed by atoms with E-state index in [0.29, 0.717) is 30.9 Å². The van der Waals surface area contributed by atoms with Gasteiger partial charge in [-0.3, -0.25) is 9.88 Å². The third-order valence-corrected chi connectivity index (χ3v) is 16.3. The van der Waals surface area contributed by atoms with Crippen LogP contribution in [0.25, 0.3) is 22.2 Å². The van der Waals surface area contributed by atoms with Crippen molar-refractivity contribution in [3.8, 4) is 17.3 Å². The van der Waals surface area contributed by atoms with E-state index >= 15 is 4.39 Å². The first-order valence-corrected chi connectivity index (χ1v) is 21.7. The van der Waals surface area contributed by atoms with Gasteiger partial charge < -0.3 is 23.7 Å². The van der Waals surface area contributed by atoms with Gasteiger partial charge in [0.05, 0.1) is 23.6 Å². The molecule has 1 amide bonds. The molecule has 2 bridgehead atoms. The third kappa shape index (κ3) is 6.95. The molecule has 3 aliphatic heterocycles. The van der Waals surface area contributed by atoms with Gasteiger partial charge in [0.25, 0.3) is 0 Å². The largest absolute Gasteiger partial charge is 0.462 e. The molecule has 0 N–H and O–H groups in total. The minimum atomic E-state index is -2.02. The van der Waals surface area contributed by atoms with Crippen molar-refractivity contribution in [1.82, 2.24) is 24.8 Å². The highest BCUT2D eigenvalue weighted by atomic mass is 28.4. The number of hydrogen-bond donors (Lipinski definition) is 0. The summed E-state index contributed by atoms with van der Waals surface area (Å²) in [6, 6.07) is 6.43. The SMILES string of the molecule is CN1CCC[C@H]1COc1nc(N2C[C@H]3CC[C@@H](C2)N3C(=O)OC(C)(C)C)c2cnc(-c3cccc4c3CCC4O[Si](C)(C)C(C)(C)C)c(F)c2n1. The second-order valence-corrected chi connectivity index (χ2v) is 22.3. The Bertz CT molecular complexity index is 1790. The number of halogens is 1. The van der Waals surface area contributed by atoms with Gasteiger partial charge in [0.15, 0.2) is 14.1 Å². The number of hydrogen-bond acceptors (Lipinski definition) is 9. The molecule has 0 radical (unpaired) electrons. The molecule has 51 heavy (non-hydrogen) atoms. The summed E-state index contributed by atoms with van der Waals surface area (Å²) >= 11 is 0. The van der Waals surface area contributed by atoms with Gasteiger partial charge in [0.1, 0.15) is 29.2 Å². The molecule has 276 valence electrons. The molecule has 4 aliphatic rings. The van der Waals surface area contributed by atoms with Gasteiger partial charge >= 0.3 is 12.1 Å². The Morgan fingerprint density at radius 2 is 1.75 bits per heavy atom. The minimum Gasteiger partial charge on any atom is -0.462 e. The molecule has 3 saturated heterocycles. The number of pyridine rings is 1. The lowest BCUT2D eigenvalue weighted by molar-refractivity contribution is 0.0122. The number of rotatable bonds is 7. The molecule has 5 heterocycles. The Kier molecular flexibility index (Phi) is 9.36. The number of carbonyl (C=O) groups excluding carboxylic acids is 1. The summed E-state index contributed by atoms with van der Waals surface area (Å²) in [6.45, 7) is 19.6. The van der Waals surface area contributed by atoms with Gasteiger partial charge in [-0.1, -0.05) is 39.0 Å². The fourth-order valence-electron chi connectivity index (χ4n) is 8.06. The lowest BCUT2D eigenvalue weighted by Gasteiger charge is -2.42. The Balaban J connectivity index is 1.25. The van der Waals surface area contributed by atoms with Crippen LogP contribution in [0.2, 0.25) is 18.1 Å². The normalized spacial score (nSPS) is 24.0. The van der Waals surface area contributed by atoms with Gasteiger partial charge in [0, 0.05) is 30.9 Å². The van der Waals surface area contributed by atoms with Crippen molar-refractivity contribution in [1.29, 1.82) is 0 Å². The summed E-state index contributed by atoms with van der Waals surface area (Å²) in [6.07, 6.45) is 6.99. The number of ether oxygens (including phenoxy) is 2. The lowest BCUT2D eigenvalue weighted by Crippen LogP contribution is -2.57. The van der Waals surface area contributed by atoms with Crippen molar-refractivity contribution >= 4 is 31.1 Å². The summed E-state index contributed by atoms with van der Waals surface area (Å²) in [5, 5.41) is 0.629. The number of likely N-dealkylation sites (N-methyl/N-ethyl adjacent to an activating group) is 1. The summed E-state index contributed by atoms with van der Waals surface area (Å²) in [7, 11) is 0.0850. The van der Waals surface area contributed by atoms with Crippen LogP contribution in [-0.4, -0.2) is 96.2 Å².